The van der Waals surface area contributed by atoms with E-state index in [0.717, 1.165) is 21.8 Å². The second-order valence-electron chi connectivity index (χ2n) is 15.0. The topological polar surface area (TPSA) is 304 Å². The average molecular weight is 1060 g/mol. The zero-order valence-electron chi connectivity index (χ0n) is 43.3. The minimum atomic E-state index is -1.40. The number of hydrogen-bond donors (Lipinski definition) is 4. The molecule has 1 saturated heterocycles. The lowest BCUT2D eigenvalue weighted by molar-refractivity contribution is -0.226. The van der Waals surface area contributed by atoms with Crippen molar-refractivity contribution >= 4 is 29.7 Å². The highest BCUT2D eigenvalue weighted by Crippen LogP contribution is 2.44. The zero-order chi connectivity index (χ0) is 54.7. The molecule has 0 bridgehead atoms. The first-order valence-electron chi connectivity index (χ1n) is 24.2. The van der Waals surface area contributed by atoms with E-state index in [1.54, 1.807) is 14.0 Å². The van der Waals surface area contributed by atoms with Crippen molar-refractivity contribution in [1.82, 2.24) is 21.0 Å². The van der Waals surface area contributed by atoms with E-state index in [9.17, 15) is 24.0 Å². The highest BCUT2D eigenvalue weighted by Gasteiger charge is 2.38. The maximum atomic E-state index is 12.5. The maximum absolute atomic E-state index is 12.5. The number of hydrogen-bond acceptors (Lipinski definition) is 19. The number of ketones is 1. The van der Waals surface area contributed by atoms with Gasteiger partial charge in [0.15, 0.2) is 40.8 Å². The van der Waals surface area contributed by atoms with Crippen molar-refractivity contribution in [2.75, 3.05) is 121 Å². The quantitative estimate of drug-likeness (QED) is 0.0155. The van der Waals surface area contributed by atoms with Gasteiger partial charge in [-0.05, 0) is 46.8 Å². The SMILES string of the molecule is CC.CCC(=O)NCCOCCOCOCOCOCOCOCOCOCOCCN=[N+]=[N-].CNC(=O)[C@@H]1CCON1C(=O)OCC1c2ccccc2-c2ccccc21.CN[C@@H](Cc1ccccc1)C(=O)C(=O)O. The number of aliphatic carboxylic acids is 1. The number of likely N-dealkylation sites (N-methyl/N-ethyl adjacent to an activating group) is 2. The molecular formula is C50H73N7O18. The van der Waals surface area contributed by atoms with Gasteiger partial charge in [0.05, 0.1) is 39.1 Å². The second kappa shape index (κ2) is 42.1. The molecule has 0 saturated carbocycles. The van der Waals surface area contributed by atoms with Gasteiger partial charge in [-0.3, -0.25) is 19.2 Å². The molecule has 2 aliphatic rings. The van der Waals surface area contributed by atoms with E-state index in [0.29, 0.717) is 52.2 Å². The van der Waals surface area contributed by atoms with E-state index in [4.69, 9.17) is 67.6 Å². The molecule has 1 heterocycles. The van der Waals surface area contributed by atoms with Crippen molar-refractivity contribution in [2.24, 2.45) is 5.11 Å². The Morgan fingerprint density at radius 3 is 1.73 bits per heavy atom. The van der Waals surface area contributed by atoms with Crippen LogP contribution < -0.4 is 16.0 Å². The summed E-state index contributed by atoms with van der Waals surface area (Å²) in [7, 11) is 3.12. The van der Waals surface area contributed by atoms with Crippen LogP contribution in [0.1, 0.15) is 56.2 Å². The number of carboxylic acid groups (broad SMARTS) is 1. The number of ether oxygens (including phenoxy) is 11. The third-order valence-corrected chi connectivity index (χ3v) is 10.1. The first-order chi connectivity index (χ1) is 36.7. The number of Topliss-reactive ketones (excluding diaryl/α,β-unsaturated/α-hetero) is 1. The van der Waals surface area contributed by atoms with Crippen LogP contribution in [0.2, 0.25) is 0 Å². The Morgan fingerprint density at radius 2 is 1.23 bits per heavy atom. The van der Waals surface area contributed by atoms with E-state index >= 15 is 0 Å². The molecule has 1 fully saturated rings. The van der Waals surface area contributed by atoms with E-state index in [1.807, 2.05) is 68.4 Å². The molecule has 3 amide bonds. The third kappa shape index (κ3) is 26.8. The van der Waals surface area contributed by atoms with Crippen molar-refractivity contribution < 1.29 is 86.0 Å². The molecule has 75 heavy (non-hydrogen) atoms. The van der Waals surface area contributed by atoms with Crippen LogP contribution in [-0.4, -0.2) is 173 Å². The molecule has 2 atom stereocenters. The molecule has 25 nitrogen and oxygen atoms in total. The number of carboxylic acids is 1. The number of fused-ring (bicyclic) bond motifs is 3. The standard InChI is InChI=1S/C20H20N2O4.C17H34N4O11.C11H13NO3.C2H6/c1-21-19(23)18-10-11-26-22(18)20(24)25-12-17-15-8-4-2-6-13(15)14-7-3-5-9-16(14)17;1-2-17(22)19-3-5-23-7-8-25-10-27-12-29-14-31-16-32-15-30-13-28-11-26-9-24-6-4-20-21-18;1-12-9(10(13)11(14)15)7-8-5-3-2-4-6-8;1-2/h2-9,17-18H,10-12H2,1H3,(H,21,23);2-16H2,1H3,(H,19,22);2-6,9,12H,7H2,1H3,(H,14,15);1-2H3/t18-;;9-;/m0.0./s1. The average Bonchev–Trinajstić information content (AvgIpc) is 4.07. The largest absolute Gasteiger partial charge is 0.475 e. The highest BCUT2D eigenvalue weighted by molar-refractivity contribution is 6.34. The maximum Gasteiger partial charge on any atom is 0.434 e. The van der Waals surface area contributed by atoms with E-state index < -0.39 is 29.9 Å². The van der Waals surface area contributed by atoms with Crippen LogP contribution >= 0.6 is 0 Å². The number of rotatable bonds is 34. The Hall–Kier alpha value is -6.16. The molecule has 4 N–H and O–H groups in total. The highest BCUT2D eigenvalue weighted by atomic mass is 16.8. The summed E-state index contributed by atoms with van der Waals surface area (Å²) < 4.78 is 56.1. The Bertz CT molecular complexity index is 2060. The van der Waals surface area contributed by atoms with E-state index in [-0.39, 0.29) is 91.8 Å². The van der Waals surface area contributed by atoms with E-state index in [1.165, 1.54) is 18.2 Å². The number of carbonyl (C=O) groups excluding carboxylic acids is 4. The summed E-state index contributed by atoms with van der Waals surface area (Å²) in [6, 6.07) is 24.3. The first-order valence-corrected chi connectivity index (χ1v) is 24.2. The van der Waals surface area contributed by atoms with Crippen LogP contribution in [-0.2, 0) is 82.5 Å². The summed E-state index contributed by atoms with van der Waals surface area (Å²) in [6.45, 7) is 8.50. The molecule has 0 radical (unpaired) electrons. The number of nitrogens with zero attached hydrogens (tertiary/aromatic N) is 4. The fourth-order valence-electron chi connectivity index (χ4n) is 6.62. The lowest BCUT2D eigenvalue weighted by Crippen LogP contribution is -2.44. The smallest absolute Gasteiger partial charge is 0.434 e. The Labute approximate surface area is 437 Å². The molecule has 3 aromatic rings. The molecule has 0 unspecified atom stereocenters. The predicted octanol–water partition coefficient (Wildman–Crippen LogP) is 4.83. The number of azide groups is 1. The minimum Gasteiger partial charge on any atom is -0.475 e. The Kier molecular flexibility index (Phi) is 36.5. The summed E-state index contributed by atoms with van der Waals surface area (Å²) in [4.78, 5) is 64.9. The first kappa shape index (κ1) is 65.0. The number of amides is 3. The van der Waals surface area contributed by atoms with Crippen LogP contribution in [0.5, 0.6) is 0 Å². The second-order valence-corrected chi connectivity index (χ2v) is 15.0. The lowest BCUT2D eigenvalue weighted by Gasteiger charge is -2.22. The Balaban J connectivity index is 0.000000399. The number of hydroxylamine groups is 2. The van der Waals surface area contributed by atoms with Crippen LogP contribution in [0, 0.1) is 0 Å². The van der Waals surface area contributed by atoms with Gasteiger partial charge in [0, 0.05) is 43.8 Å². The molecule has 25 heteroatoms. The summed E-state index contributed by atoms with van der Waals surface area (Å²) in [5.74, 6) is -2.48. The van der Waals surface area contributed by atoms with Crippen LogP contribution in [0.4, 0.5) is 4.79 Å². The molecule has 0 aromatic heterocycles. The summed E-state index contributed by atoms with van der Waals surface area (Å²) in [5, 5.41) is 20.9. The van der Waals surface area contributed by atoms with Gasteiger partial charge in [0.25, 0.3) is 5.78 Å². The van der Waals surface area contributed by atoms with Gasteiger partial charge in [-0.2, -0.15) is 5.06 Å². The van der Waals surface area contributed by atoms with Crippen molar-refractivity contribution in [2.45, 2.75) is 58.0 Å². The zero-order valence-corrected chi connectivity index (χ0v) is 43.3. The van der Waals surface area contributed by atoms with Gasteiger partial charge in [0.1, 0.15) is 26.2 Å². The van der Waals surface area contributed by atoms with Crippen molar-refractivity contribution in [3.63, 3.8) is 0 Å². The number of carbonyl (C=O) groups is 5. The van der Waals surface area contributed by atoms with Gasteiger partial charge >= 0.3 is 12.1 Å². The molecule has 1 aliphatic carbocycles. The van der Waals surface area contributed by atoms with Crippen molar-refractivity contribution in [3.8, 4) is 11.1 Å². The minimum absolute atomic E-state index is 0.00145. The third-order valence-electron chi connectivity index (χ3n) is 10.1. The summed E-state index contributed by atoms with van der Waals surface area (Å²) in [5.41, 5.74) is 13.6. The predicted molar refractivity (Wildman–Crippen MR) is 269 cm³/mol. The normalized spacial score (nSPS) is 13.5. The molecule has 0 spiro atoms. The fraction of sp³-hybridized carbons (Fsp3) is 0.540. The van der Waals surface area contributed by atoms with Gasteiger partial charge in [-0.1, -0.05) is 105 Å². The van der Waals surface area contributed by atoms with E-state index in [2.05, 4.69) is 50.2 Å². The van der Waals surface area contributed by atoms with Crippen LogP contribution in [0.25, 0.3) is 21.6 Å². The van der Waals surface area contributed by atoms with Crippen molar-refractivity contribution in [1.29, 1.82) is 0 Å². The Morgan fingerprint density at radius 1 is 0.720 bits per heavy atom. The van der Waals surface area contributed by atoms with Gasteiger partial charge < -0.3 is 73.2 Å². The monoisotopic (exact) mass is 1060 g/mol. The van der Waals surface area contributed by atoms with Crippen LogP contribution in [0.15, 0.2) is 84.0 Å². The van der Waals surface area contributed by atoms with Gasteiger partial charge in [0.2, 0.25) is 11.8 Å². The summed E-state index contributed by atoms with van der Waals surface area (Å²) >= 11 is 0. The van der Waals surface area contributed by atoms with Gasteiger partial charge in [-0.15, -0.1) is 0 Å². The van der Waals surface area contributed by atoms with Gasteiger partial charge in [-0.25, -0.2) is 9.59 Å². The fourth-order valence-corrected chi connectivity index (χ4v) is 6.62. The van der Waals surface area contributed by atoms with Crippen molar-refractivity contribution in [3.05, 3.63) is 106 Å². The molecule has 416 valence electrons. The molecule has 5 rings (SSSR count). The lowest BCUT2D eigenvalue weighted by atomic mass is 9.98. The molecule has 3 aromatic carbocycles. The number of benzene rings is 3. The molecule has 1 aliphatic heterocycles. The number of nitrogens with one attached hydrogen (secondary N) is 3. The molecular weight excluding hydrogens is 987 g/mol. The summed E-state index contributed by atoms with van der Waals surface area (Å²) in [6.07, 6.45) is 0.688. The van der Waals surface area contributed by atoms with Crippen LogP contribution in [0.3, 0.4) is 0 Å².